The molecule has 1 saturated carbocycles. The van der Waals surface area contributed by atoms with Gasteiger partial charge < -0.3 is 5.11 Å². The Labute approximate surface area is 80.9 Å². The first-order chi connectivity index (χ1) is 6.36. The molecule has 0 aromatic carbocycles. The number of aliphatic hydroxyl groups is 1. The Morgan fingerprint density at radius 3 is 2.15 bits per heavy atom. The molecule has 1 heterocycles. The molecule has 13 heavy (non-hydrogen) atoms. The zero-order valence-corrected chi connectivity index (χ0v) is 8.41. The number of β-amino-alcohol motifs (C(OH)–C–C–N with tert-alkyl or cyclic N) is 1. The van der Waals surface area contributed by atoms with Gasteiger partial charge in [0.25, 0.3) is 0 Å². The second-order valence-electron chi connectivity index (χ2n) is 4.58. The van der Waals surface area contributed by atoms with E-state index < -0.39 is 0 Å². The molecular formula is C11H21NO. The first kappa shape index (κ1) is 9.47. The monoisotopic (exact) mass is 183 g/mol. The van der Waals surface area contributed by atoms with Crippen molar-refractivity contribution in [3.63, 3.8) is 0 Å². The number of likely N-dealkylation sites (tertiary alicyclic amines) is 1. The highest BCUT2D eigenvalue weighted by molar-refractivity contribution is 4.82. The maximum atomic E-state index is 9.46. The van der Waals surface area contributed by atoms with E-state index in [1.165, 1.54) is 38.5 Å². The molecule has 0 bridgehead atoms. The Morgan fingerprint density at radius 1 is 0.923 bits per heavy atom. The van der Waals surface area contributed by atoms with E-state index in [4.69, 9.17) is 0 Å². The minimum Gasteiger partial charge on any atom is -0.392 e. The zero-order chi connectivity index (χ0) is 9.10. The zero-order valence-electron chi connectivity index (χ0n) is 8.41. The normalized spacial score (nSPS) is 33.5. The summed E-state index contributed by atoms with van der Waals surface area (Å²) >= 11 is 0. The van der Waals surface area contributed by atoms with E-state index >= 15 is 0 Å². The summed E-state index contributed by atoms with van der Waals surface area (Å²) in [5.74, 6) is 0. The number of aliphatic hydroxyl groups excluding tert-OH is 1. The molecule has 1 saturated heterocycles. The van der Waals surface area contributed by atoms with Crippen molar-refractivity contribution in [1.82, 2.24) is 4.90 Å². The van der Waals surface area contributed by atoms with Crippen LogP contribution in [0.3, 0.4) is 0 Å². The summed E-state index contributed by atoms with van der Waals surface area (Å²) in [6.07, 6.45) is 9.34. The third-order valence-corrected chi connectivity index (χ3v) is 3.54. The minimum absolute atomic E-state index is 0.0387. The maximum absolute atomic E-state index is 9.46. The number of hydrogen-bond donors (Lipinski definition) is 1. The molecule has 2 rings (SSSR count). The van der Waals surface area contributed by atoms with Gasteiger partial charge in [-0.2, -0.15) is 0 Å². The first-order valence-electron chi connectivity index (χ1n) is 5.78. The van der Waals surface area contributed by atoms with Gasteiger partial charge in [0.2, 0.25) is 0 Å². The van der Waals surface area contributed by atoms with Crippen LogP contribution in [-0.4, -0.2) is 35.2 Å². The van der Waals surface area contributed by atoms with Crippen LogP contribution in [-0.2, 0) is 0 Å². The van der Waals surface area contributed by atoms with Crippen molar-refractivity contribution < 1.29 is 5.11 Å². The first-order valence-corrected chi connectivity index (χ1v) is 5.78. The average Bonchev–Trinajstić information content (AvgIpc) is 2.43. The van der Waals surface area contributed by atoms with Crippen LogP contribution in [0.4, 0.5) is 0 Å². The molecule has 0 aromatic rings. The predicted octanol–water partition coefficient (Wildman–Crippen LogP) is 1.78. The molecule has 2 nitrogen and oxygen atoms in total. The third kappa shape index (κ3) is 2.44. The lowest BCUT2D eigenvalue weighted by atomic mass is 10.1. The van der Waals surface area contributed by atoms with Gasteiger partial charge in [-0.15, -0.1) is 0 Å². The molecule has 76 valence electrons. The summed E-state index contributed by atoms with van der Waals surface area (Å²) in [5, 5.41) is 9.46. The fourth-order valence-electron chi connectivity index (χ4n) is 2.72. The van der Waals surface area contributed by atoms with Crippen molar-refractivity contribution in [3.8, 4) is 0 Å². The Bertz CT molecular complexity index is 152. The number of hydrogen-bond acceptors (Lipinski definition) is 2. The van der Waals surface area contributed by atoms with Crippen molar-refractivity contribution in [3.05, 3.63) is 0 Å². The van der Waals surface area contributed by atoms with Crippen LogP contribution in [0.25, 0.3) is 0 Å². The standard InChI is InChI=1S/C11H21NO/c13-11-7-8-12(9-11)10-5-3-1-2-4-6-10/h10-11,13H,1-9H2/t11-/m0/s1. The Kier molecular flexibility index (Phi) is 3.23. The molecule has 0 amide bonds. The van der Waals surface area contributed by atoms with Gasteiger partial charge in [0, 0.05) is 19.1 Å². The second kappa shape index (κ2) is 4.43. The smallest absolute Gasteiger partial charge is 0.0679 e. The molecule has 2 heteroatoms. The fraction of sp³-hybridized carbons (Fsp3) is 1.00. The highest BCUT2D eigenvalue weighted by Gasteiger charge is 2.26. The molecule has 1 aliphatic carbocycles. The molecule has 0 aromatic heterocycles. The van der Waals surface area contributed by atoms with Crippen LogP contribution in [0.1, 0.15) is 44.9 Å². The molecular weight excluding hydrogens is 162 g/mol. The van der Waals surface area contributed by atoms with E-state index in [1.807, 2.05) is 0 Å². The van der Waals surface area contributed by atoms with Crippen molar-refractivity contribution in [2.45, 2.75) is 57.1 Å². The lowest BCUT2D eigenvalue weighted by Gasteiger charge is -2.26. The van der Waals surface area contributed by atoms with Gasteiger partial charge in [0.05, 0.1) is 6.10 Å². The summed E-state index contributed by atoms with van der Waals surface area (Å²) in [7, 11) is 0. The van der Waals surface area contributed by atoms with E-state index in [1.54, 1.807) is 0 Å². The van der Waals surface area contributed by atoms with Crippen LogP contribution >= 0.6 is 0 Å². The molecule has 0 unspecified atom stereocenters. The topological polar surface area (TPSA) is 23.5 Å². The van der Waals surface area contributed by atoms with E-state index in [-0.39, 0.29) is 6.10 Å². The SMILES string of the molecule is O[C@H]1CCN(C2CCCCCC2)C1. The molecule has 0 spiro atoms. The maximum Gasteiger partial charge on any atom is 0.0679 e. The molecule has 1 aliphatic heterocycles. The van der Waals surface area contributed by atoms with Crippen molar-refractivity contribution in [2.75, 3.05) is 13.1 Å². The highest BCUT2D eigenvalue weighted by Crippen LogP contribution is 2.24. The van der Waals surface area contributed by atoms with E-state index in [2.05, 4.69) is 4.90 Å². The largest absolute Gasteiger partial charge is 0.392 e. The van der Waals surface area contributed by atoms with Gasteiger partial charge in [-0.05, 0) is 19.3 Å². The molecule has 2 fully saturated rings. The molecule has 1 N–H and O–H groups in total. The van der Waals surface area contributed by atoms with E-state index in [0.717, 1.165) is 25.6 Å². The van der Waals surface area contributed by atoms with Crippen LogP contribution in [0.5, 0.6) is 0 Å². The molecule has 2 aliphatic rings. The quantitative estimate of drug-likeness (QED) is 0.626. The Morgan fingerprint density at radius 2 is 1.62 bits per heavy atom. The fourth-order valence-corrected chi connectivity index (χ4v) is 2.72. The highest BCUT2D eigenvalue weighted by atomic mass is 16.3. The second-order valence-corrected chi connectivity index (χ2v) is 4.58. The summed E-state index contributed by atoms with van der Waals surface area (Å²) in [4.78, 5) is 2.51. The lowest BCUT2D eigenvalue weighted by Crippen LogP contribution is -2.33. The van der Waals surface area contributed by atoms with E-state index in [0.29, 0.717) is 0 Å². The van der Waals surface area contributed by atoms with Crippen LogP contribution < -0.4 is 0 Å². The van der Waals surface area contributed by atoms with Gasteiger partial charge in [-0.1, -0.05) is 25.7 Å². The summed E-state index contributed by atoms with van der Waals surface area (Å²) in [6, 6.07) is 0.791. The minimum atomic E-state index is -0.0387. The average molecular weight is 183 g/mol. The Hall–Kier alpha value is -0.0800. The van der Waals surface area contributed by atoms with Gasteiger partial charge in [0.15, 0.2) is 0 Å². The van der Waals surface area contributed by atoms with Gasteiger partial charge in [0.1, 0.15) is 0 Å². The van der Waals surface area contributed by atoms with Gasteiger partial charge in [-0.25, -0.2) is 0 Å². The van der Waals surface area contributed by atoms with E-state index in [9.17, 15) is 5.11 Å². The van der Waals surface area contributed by atoms with Crippen molar-refractivity contribution in [1.29, 1.82) is 0 Å². The molecule has 0 radical (unpaired) electrons. The van der Waals surface area contributed by atoms with Crippen LogP contribution in [0, 0.1) is 0 Å². The predicted molar refractivity (Wildman–Crippen MR) is 53.7 cm³/mol. The van der Waals surface area contributed by atoms with Crippen molar-refractivity contribution >= 4 is 0 Å². The lowest BCUT2D eigenvalue weighted by molar-refractivity contribution is 0.153. The van der Waals surface area contributed by atoms with Crippen LogP contribution in [0.2, 0.25) is 0 Å². The number of nitrogens with zero attached hydrogens (tertiary/aromatic N) is 1. The number of rotatable bonds is 1. The molecule has 1 atom stereocenters. The van der Waals surface area contributed by atoms with Gasteiger partial charge in [-0.3, -0.25) is 4.90 Å². The Balaban J connectivity index is 1.84. The third-order valence-electron chi connectivity index (χ3n) is 3.54. The summed E-state index contributed by atoms with van der Waals surface area (Å²) in [6.45, 7) is 2.07. The van der Waals surface area contributed by atoms with Crippen molar-refractivity contribution in [2.24, 2.45) is 0 Å². The van der Waals surface area contributed by atoms with Crippen LogP contribution in [0.15, 0.2) is 0 Å². The summed E-state index contributed by atoms with van der Waals surface area (Å²) < 4.78 is 0. The summed E-state index contributed by atoms with van der Waals surface area (Å²) in [5.41, 5.74) is 0. The van der Waals surface area contributed by atoms with Gasteiger partial charge >= 0.3 is 0 Å².